The van der Waals surface area contributed by atoms with Gasteiger partial charge < -0.3 is 19.5 Å². The lowest BCUT2D eigenvalue weighted by molar-refractivity contribution is -0.127. The Balaban J connectivity index is 1.39. The molecule has 1 fully saturated rings. The quantitative estimate of drug-likeness (QED) is 0.345. The predicted molar refractivity (Wildman–Crippen MR) is 134 cm³/mol. The van der Waals surface area contributed by atoms with Gasteiger partial charge in [-0.05, 0) is 31.2 Å². The number of hydrogen-bond donors (Lipinski definition) is 1. The number of hydrogen-bond acceptors (Lipinski definition) is 6. The molecule has 4 aromatic rings. The molecule has 0 aliphatic carbocycles. The summed E-state index contributed by atoms with van der Waals surface area (Å²) in [5, 5.41) is 0.502. The van der Waals surface area contributed by atoms with E-state index in [1.165, 1.54) is 18.2 Å². The fraction of sp³-hybridized carbons (Fsp3) is 0.222. The first-order valence-corrected chi connectivity index (χ1v) is 11.6. The minimum Gasteiger partial charge on any atom is -0.494 e. The first kappa shape index (κ1) is 23.2. The normalized spacial score (nSPS) is 13.6. The SMILES string of the molecule is COc1cnc(-c2cccnc2C)c2[nH]cc(C(=O)C(=O)N3CCN(C(=O)c4ccccc4)CC3)c12. The van der Waals surface area contributed by atoms with Crippen LogP contribution in [0, 0.1) is 6.92 Å². The van der Waals surface area contributed by atoms with Crippen LogP contribution in [-0.2, 0) is 4.79 Å². The molecule has 9 heteroatoms. The fourth-order valence-electron chi connectivity index (χ4n) is 4.53. The van der Waals surface area contributed by atoms with Crippen molar-refractivity contribution in [2.24, 2.45) is 0 Å². The highest BCUT2D eigenvalue weighted by atomic mass is 16.5. The van der Waals surface area contributed by atoms with Crippen LogP contribution in [0.15, 0.2) is 61.1 Å². The molecule has 1 aliphatic rings. The second kappa shape index (κ2) is 9.61. The van der Waals surface area contributed by atoms with Crippen molar-refractivity contribution in [3.8, 4) is 17.0 Å². The number of Topliss-reactive ketones (excluding diaryl/α,β-unsaturated/α-hetero) is 1. The van der Waals surface area contributed by atoms with Crippen molar-refractivity contribution in [3.05, 3.63) is 77.9 Å². The van der Waals surface area contributed by atoms with E-state index in [0.717, 1.165) is 11.3 Å². The maximum Gasteiger partial charge on any atom is 0.295 e. The van der Waals surface area contributed by atoms with Crippen LogP contribution in [0.2, 0.25) is 0 Å². The van der Waals surface area contributed by atoms with E-state index >= 15 is 0 Å². The van der Waals surface area contributed by atoms with Crippen LogP contribution in [0.5, 0.6) is 5.75 Å². The Labute approximate surface area is 207 Å². The van der Waals surface area contributed by atoms with Crippen LogP contribution < -0.4 is 4.74 Å². The average molecular weight is 484 g/mol. The highest BCUT2D eigenvalue weighted by Gasteiger charge is 2.31. The van der Waals surface area contributed by atoms with Crippen molar-refractivity contribution >= 4 is 28.5 Å². The summed E-state index contributed by atoms with van der Waals surface area (Å²) in [5.74, 6) is -0.935. The molecule has 0 atom stereocenters. The predicted octanol–water partition coefficient (Wildman–Crippen LogP) is 3.11. The molecule has 3 aromatic heterocycles. The number of aromatic nitrogens is 3. The molecule has 1 saturated heterocycles. The highest BCUT2D eigenvalue weighted by Crippen LogP contribution is 2.35. The molecule has 36 heavy (non-hydrogen) atoms. The van der Waals surface area contributed by atoms with Gasteiger partial charge in [0.25, 0.3) is 17.6 Å². The molecule has 0 spiro atoms. The van der Waals surface area contributed by atoms with E-state index in [0.29, 0.717) is 41.0 Å². The van der Waals surface area contributed by atoms with Crippen molar-refractivity contribution in [2.75, 3.05) is 33.3 Å². The Morgan fingerprint density at radius 2 is 1.67 bits per heavy atom. The number of rotatable bonds is 5. The standard InChI is InChI=1S/C27H25N5O4/c1-17-19(9-6-10-28-17)23-24-22(21(36-2)16-30-23)20(15-29-24)25(33)27(35)32-13-11-31(12-14-32)26(34)18-7-4-3-5-8-18/h3-10,15-16,29H,11-14H2,1-2H3. The van der Waals surface area contributed by atoms with Gasteiger partial charge in [-0.15, -0.1) is 0 Å². The number of benzene rings is 1. The number of H-pyrrole nitrogens is 1. The maximum atomic E-state index is 13.4. The number of carbonyl (C=O) groups excluding carboxylic acids is 3. The molecular formula is C27H25N5O4. The molecule has 5 rings (SSSR count). The lowest BCUT2D eigenvalue weighted by atomic mass is 10.0. The third-order valence-electron chi connectivity index (χ3n) is 6.47. The zero-order valence-corrected chi connectivity index (χ0v) is 20.0. The topological polar surface area (TPSA) is 108 Å². The van der Waals surface area contributed by atoms with Crippen molar-refractivity contribution in [1.82, 2.24) is 24.8 Å². The van der Waals surface area contributed by atoms with Gasteiger partial charge in [0, 0.05) is 55.4 Å². The molecule has 4 heterocycles. The van der Waals surface area contributed by atoms with Crippen LogP contribution in [0.25, 0.3) is 22.2 Å². The maximum absolute atomic E-state index is 13.4. The monoisotopic (exact) mass is 483 g/mol. The third kappa shape index (κ3) is 4.08. The number of aromatic amines is 1. The van der Waals surface area contributed by atoms with Crippen LogP contribution >= 0.6 is 0 Å². The van der Waals surface area contributed by atoms with E-state index in [4.69, 9.17) is 4.74 Å². The second-order valence-corrected chi connectivity index (χ2v) is 8.54. The van der Waals surface area contributed by atoms with Gasteiger partial charge in [-0.25, -0.2) is 0 Å². The minimum atomic E-state index is -0.637. The number of ketones is 1. The second-order valence-electron chi connectivity index (χ2n) is 8.54. The number of amides is 2. The molecule has 0 unspecified atom stereocenters. The van der Waals surface area contributed by atoms with Crippen LogP contribution in [0.4, 0.5) is 0 Å². The van der Waals surface area contributed by atoms with E-state index in [1.54, 1.807) is 29.4 Å². The van der Waals surface area contributed by atoms with Crippen LogP contribution in [0.3, 0.4) is 0 Å². The van der Waals surface area contributed by atoms with Crippen molar-refractivity contribution < 1.29 is 19.1 Å². The lowest BCUT2D eigenvalue weighted by Gasteiger charge is -2.34. The number of nitrogens with zero attached hydrogens (tertiary/aromatic N) is 4. The first-order valence-electron chi connectivity index (χ1n) is 11.6. The lowest BCUT2D eigenvalue weighted by Crippen LogP contribution is -2.52. The smallest absolute Gasteiger partial charge is 0.295 e. The summed E-state index contributed by atoms with van der Waals surface area (Å²) in [6, 6.07) is 12.7. The summed E-state index contributed by atoms with van der Waals surface area (Å²) in [4.78, 5) is 54.4. The minimum absolute atomic E-state index is 0.0823. The van der Waals surface area contributed by atoms with Gasteiger partial charge in [-0.3, -0.25) is 24.4 Å². The zero-order valence-electron chi connectivity index (χ0n) is 20.0. The number of pyridine rings is 2. The number of carbonyl (C=O) groups is 3. The Hall–Kier alpha value is -4.53. The zero-order chi connectivity index (χ0) is 25.2. The number of methoxy groups -OCH3 is 1. The molecule has 1 aliphatic heterocycles. The Kier molecular flexibility index (Phi) is 6.20. The number of ether oxygens (including phenoxy) is 1. The number of fused-ring (bicyclic) bond motifs is 1. The molecular weight excluding hydrogens is 458 g/mol. The first-order chi connectivity index (χ1) is 17.5. The van der Waals surface area contributed by atoms with E-state index in [1.807, 2.05) is 37.3 Å². The fourth-order valence-corrected chi connectivity index (χ4v) is 4.53. The van der Waals surface area contributed by atoms with Gasteiger partial charge in [0.2, 0.25) is 0 Å². The molecule has 0 bridgehead atoms. The molecule has 182 valence electrons. The Morgan fingerprint density at radius 3 is 2.36 bits per heavy atom. The molecule has 2 amide bonds. The molecule has 0 saturated carbocycles. The molecule has 1 N–H and O–H groups in total. The molecule has 0 radical (unpaired) electrons. The number of piperazine rings is 1. The highest BCUT2D eigenvalue weighted by molar-refractivity contribution is 6.45. The van der Waals surface area contributed by atoms with Gasteiger partial charge in [-0.1, -0.05) is 18.2 Å². The summed E-state index contributed by atoms with van der Waals surface area (Å²) in [7, 11) is 1.50. The van der Waals surface area contributed by atoms with Gasteiger partial charge >= 0.3 is 0 Å². The number of aryl methyl sites for hydroxylation is 1. The van der Waals surface area contributed by atoms with Crippen LogP contribution in [0.1, 0.15) is 26.4 Å². The van der Waals surface area contributed by atoms with E-state index in [9.17, 15) is 14.4 Å². The Morgan fingerprint density at radius 1 is 0.944 bits per heavy atom. The molecule has 9 nitrogen and oxygen atoms in total. The van der Waals surface area contributed by atoms with Gasteiger partial charge in [0.15, 0.2) is 0 Å². The summed E-state index contributed by atoms with van der Waals surface area (Å²) >= 11 is 0. The van der Waals surface area contributed by atoms with Crippen LogP contribution in [-0.4, -0.2) is 75.6 Å². The average Bonchev–Trinajstić information content (AvgIpc) is 3.38. The number of nitrogens with one attached hydrogen (secondary N) is 1. The Bertz CT molecular complexity index is 1460. The van der Waals surface area contributed by atoms with Crippen molar-refractivity contribution in [3.63, 3.8) is 0 Å². The van der Waals surface area contributed by atoms with E-state index in [2.05, 4.69) is 15.0 Å². The van der Waals surface area contributed by atoms with E-state index < -0.39 is 11.7 Å². The summed E-state index contributed by atoms with van der Waals surface area (Å²) in [6.07, 6.45) is 4.78. The van der Waals surface area contributed by atoms with Gasteiger partial charge in [0.1, 0.15) is 5.75 Å². The van der Waals surface area contributed by atoms with Crippen molar-refractivity contribution in [2.45, 2.75) is 6.92 Å². The summed E-state index contributed by atoms with van der Waals surface area (Å²) in [6.45, 7) is 3.17. The largest absolute Gasteiger partial charge is 0.494 e. The van der Waals surface area contributed by atoms with E-state index in [-0.39, 0.29) is 24.6 Å². The van der Waals surface area contributed by atoms with Gasteiger partial charge in [-0.2, -0.15) is 0 Å². The van der Waals surface area contributed by atoms with Crippen molar-refractivity contribution in [1.29, 1.82) is 0 Å². The summed E-state index contributed by atoms with van der Waals surface area (Å²) < 4.78 is 5.49. The third-order valence-corrected chi connectivity index (χ3v) is 6.47. The summed E-state index contributed by atoms with van der Waals surface area (Å²) in [5.41, 5.74) is 3.65. The van der Waals surface area contributed by atoms with Gasteiger partial charge in [0.05, 0.1) is 35.5 Å². The molecule has 1 aromatic carbocycles.